The molecule has 4 aromatic carbocycles. The van der Waals surface area contributed by atoms with Crippen molar-refractivity contribution in [3.63, 3.8) is 0 Å². The molecule has 4 aromatic rings. The minimum Gasteiger partial charge on any atom is -0.496 e. The standard InChI is InChI=1S/C32H23F5N2O6/c1-45-28-9-4-15(19-12-17(31(43)44)2-6-24(19)33)11-22(28)30(42)39-26-14-20-16(3-8-27(20)40)10-21(26)29(41)38-18-5-7-25(34)23(13-18)32(35,36)37/h2,4-7,9-14,27,40H,3,8H2,1H3,(H,38,41)(H,39,42)(H,43,44). The summed E-state index contributed by atoms with van der Waals surface area (Å²) < 4.78 is 73.5. The van der Waals surface area contributed by atoms with Crippen molar-refractivity contribution in [1.29, 1.82) is 0 Å². The lowest BCUT2D eigenvalue weighted by Gasteiger charge is -2.17. The Kier molecular flexibility index (Phi) is 8.30. The van der Waals surface area contributed by atoms with Crippen molar-refractivity contribution in [1.82, 2.24) is 0 Å². The number of hydrogen-bond donors (Lipinski definition) is 4. The quantitative estimate of drug-likeness (QED) is 0.167. The van der Waals surface area contributed by atoms with Gasteiger partial charge in [0.25, 0.3) is 11.8 Å². The average Bonchev–Trinajstić information content (AvgIpc) is 3.36. The Morgan fingerprint density at radius 1 is 0.867 bits per heavy atom. The summed E-state index contributed by atoms with van der Waals surface area (Å²) in [6.07, 6.45) is -5.20. The zero-order valence-electron chi connectivity index (χ0n) is 23.3. The summed E-state index contributed by atoms with van der Waals surface area (Å²) in [5.74, 6) is -5.29. The third-order valence-corrected chi connectivity index (χ3v) is 7.32. The van der Waals surface area contributed by atoms with Gasteiger partial charge in [0.15, 0.2) is 0 Å². The molecule has 1 aliphatic rings. The van der Waals surface area contributed by atoms with E-state index in [9.17, 15) is 46.5 Å². The normalized spacial score (nSPS) is 14.1. The summed E-state index contributed by atoms with van der Waals surface area (Å²) in [6.45, 7) is 0. The van der Waals surface area contributed by atoms with Gasteiger partial charge in [-0.1, -0.05) is 6.07 Å². The lowest BCUT2D eigenvalue weighted by Crippen LogP contribution is -2.20. The van der Waals surface area contributed by atoms with Gasteiger partial charge in [-0.25, -0.2) is 13.6 Å². The first-order chi connectivity index (χ1) is 21.3. The maximum atomic E-state index is 14.7. The molecular weight excluding hydrogens is 603 g/mol. The number of anilines is 2. The number of aliphatic hydroxyl groups excluding tert-OH is 1. The summed E-state index contributed by atoms with van der Waals surface area (Å²) >= 11 is 0. The van der Waals surface area contributed by atoms with Crippen LogP contribution in [0.2, 0.25) is 0 Å². The van der Waals surface area contributed by atoms with Crippen LogP contribution in [0, 0.1) is 11.6 Å². The van der Waals surface area contributed by atoms with Gasteiger partial charge in [-0.2, -0.15) is 13.2 Å². The number of ether oxygens (including phenoxy) is 1. The molecule has 4 N–H and O–H groups in total. The molecule has 0 bridgehead atoms. The van der Waals surface area contributed by atoms with Crippen LogP contribution in [-0.2, 0) is 12.6 Å². The number of carboxylic acid groups (broad SMARTS) is 1. The van der Waals surface area contributed by atoms with Gasteiger partial charge in [0.2, 0.25) is 0 Å². The molecule has 1 aliphatic carbocycles. The van der Waals surface area contributed by atoms with Gasteiger partial charge in [0.05, 0.1) is 41.2 Å². The molecule has 232 valence electrons. The van der Waals surface area contributed by atoms with Gasteiger partial charge < -0.3 is 25.6 Å². The van der Waals surface area contributed by atoms with Gasteiger partial charge in [-0.3, -0.25) is 9.59 Å². The number of methoxy groups -OCH3 is 1. The monoisotopic (exact) mass is 626 g/mol. The van der Waals surface area contributed by atoms with Crippen molar-refractivity contribution in [2.45, 2.75) is 25.1 Å². The third-order valence-electron chi connectivity index (χ3n) is 7.32. The molecule has 0 heterocycles. The minimum atomic E-state index is -5.01. The highest BCUT2D eigenvalue weighted by Gasteiger charge is 2.34. The number of aliphatic hydroxyl groups is 1. The van der Waals surface area contributed by atoms with E-state index in [1.54, 1.807) is 0 Å². The Morgan fingerprint density at radius 3 is 2.27 bits per heavy atom. The lowest BCUT2D eigenvalue weighted by atomic mass is 9.99. The van der Waals surface area contributed by atoms with Crippen LogP contribution in [-0.4, -0.2) is 35.1 Å². The predicted molar refractivity (Wildman–Crippen MR) is 152 cm³/mol. The molecule has 0 saturated heterocycles. The molecule has 5 rings (SSSR count). The summed E-state index contributed by atoms with van der Waals surface area (Å²) in [4.78, 5) is 38.4. The summed E-state index contributed by atoms with van der Waals surface area (Å²) in [5, 5.41) is 24.6. The zero-order chi connectivity index (χ0) is 32.6. The number of benzene rings is 4. The fraction of sp³-hybridized carbons (Fsp3) is 0.156. The van der Waals surface area contributed by atoms with E-state index in [1.165, 1.54) is 37.4 Å². The van der Waals surface area contributed by atoms with Gasteiger partial charge in [0.1, 0.15) is 17.4 Å². The number of rotatable bonds is 7. The first-order valence-electron chi connectivity index (χ1n) is 13.3. The Labute approximate surface area is 252 Å². The molecule has 0 aliphatic heterocycles. The highest BCUT2D eigenvalue weighted by atomic mass is 19.4. The van der Waals surface area contributed by atoms with Crippen molar-refractivity contribution >= 4 is 29.2 Å². The second kappa shape index (κ2) is 12.0. The van der Waals surface area contributed by atoms with E-state index in [-0.39, 0.29) is 44.9 Å². The summed E-state index contributed by atoms with van der Waals surface area (Å²) in [6, 6.07) is 11.9. The summed E-state index contributed by atoms with van der Waals surface area (Å²) in [5.41, 5.74) is -1.49. The topological polar surface area (TPSA) is 125 Å². The second-order valence-corrected chi connectivity index (χ2v) is 10.2. The van der Waals surface area contributed by atoms with Gasteiger partial charge in [0, 0.05) is 11.3 Å². The number of carbonyl (C=O) groups is 3. The van der Waals surface area contributed by atoms with Crippen molar-refractivity contribution < 1.29 is 51.3 Å². The van der Waals surface area contributed by atoms with Crippen LogP contribution in [0.5, 0.6) is 5.75 Å². The van der Waals surface area contributed by atoms with Gasteiger partial charge >= 0.3 is 12.1 Å². The van der Waals surface area contributed by atoms with Crippen LogP contribution in [0.15, 0.2) is 66.7 Å². The number of hydrogen-bond acceptors (Lipinski definition) is 5. The van der Waals surface area contributed by atoms with Crippen molar-refractivity contribution in [2.75, 3.05) is 17.7 Å². The first-order valence-corrected chi connectivity index (χ1v) is 13.3. The molecule has 8 nitrogen and oxygen atoms in total. The molecule has 2 amide bonds. The number of amides is 2. The van der Waals surface area contributed by atoms with Crippen molar-refractivity contribution in [2.24, 2.45) is 0 Å². The van der Waals surface area contributed by atoms with E-state index in [1.807, 2.05) is 0 Å². The van der Waals surface area contributed by atoms with E-state index in [0.29, 0.717) is 36.1 Å². The molecule has 0 saturated carbocycles. The Hall–Kier alpha value is -5.30. The molecule has 1 unspecified atom stereocenters. The van der Waals surface area contributed by atoms with Crippen LogP contribution in [0.3, 0.4) is 0 Å². The number of fused-ring (bicyclic) bond motifs is 1. The van der Waals surface area contributed by atoms with Crippen LogP contribution in [0.4, 0.5) is 33.3 Å². The van der Waals surface area contributed by atoms with Crippen molar-refractivity contribution in [3.05, 3.63) is 112 Å². The highest BCUT2D eigenvalue weighted by Crippen LogP contribution is 2.37. The molecule has 13 heteroatoms. The van der Waals surface area contributed by atoms with E-state index >= 15 is 0 Å². The largest absolute Gasteiger partial charge is 0.496 e. The fourth-order valence-electron chi connectivity index (χ4n) is 5.07. The molecule has 0 fully saturated rings. The van der Waals surface area contributed by atoms with Crippen LogP contribution < -0.4 is 15.4 Å². The van der Waals surface area contributed by atoms with Crippen LogP contribution >= 0.6 is 0 Å². The molecule has 0 radical (unpaired) electrons. The van der Waals surface area contributed by atoms with Gasteiger partial charge in [-0.15, -0.1) is 0 Å². The number of aromatic carboxylic acids is 1. The van der Waals surface area contributed by atoms with E-state index in [4.69, 9.17) is 4.74 Å². The molecule has 45 heavy (non-hydrogen) atoms. The average molecular weight is 627 g/mol. The molecule has 1 atom stereocenters. The Balaban J connectivity index is 1.52. The number of halogens is 5. The van der Waals surface area contributed by atoms with Crippen LogP contribution in [0.25, 0.3) is 11.1 Å². The highest BCUT2D eigenvalue weighted by molar-refractivity contribution is 6.13. The number of carbonyl (C=O) groups excluding carboxylic acids is 2. The number of carboxylic acids is 1. The van der Waals surface area contributed by atoms with E-state index in [2.05, 4.69) is 10.6 Å². The SMILES string of the molecule is COc1ccc(-c2cc(C(=O)O)ccc2F)cc1C(=O)Nc1cc2c(cc1C(=O)Nc1ccc(F)c(C(F)(F)F)c1)CCC2O. The van der Waals surface area contributed by atoms with Crippen molar-refractivity contribution in [3.8, 4) is 16.9 Å². The van der Waals surface area contributed by atoms with E-state index < -0.39 is 47.3 Å². The lowest BCUT2D eigenvalue weighted by molar-refractivity contribution is -0.139. The summed E-state index contributed by atoms with van der Waals surface area (Å²) in [7, 11) is 1.28. The van der Waals surface area contributed by atoms with E-state index in [0.717, 1.165) is 24.3 Å². The predicted octanol–water partition coefficient (Wildman–Crippen LogP) is 6.84. The maximum absolute atomic E-state index is 14.7. The Morgan fingerprint density at radius 2 is 1.58 bits per heavy atom. The third kappa shape index (κ3) is 6.34. The number of nitrogens with one attached hydrogen (secondary N) is 2. The maximum Gasteiger partial charge on any atom is 0.419 e. The molecule has 0 spiro atoms. The zero-order valence-corrected chi connectivity index (χ0v) is 23.3. The first kappa shape index (κ1) is 31.1. The fourth-order valence-corrected chi connectivity index (χ4v) is 5.07. The van der Waals surface area contributed by atoms with Gasteiger partial charge in [-0.05, 0) is 90.2 Å². The molecule has 0 aromatic heterocycles. The minimum absolute atomic E-state index is 0.0456. The number of alkyl halides is 3. The second-order valence-electron chi connectivity index (χ2n) is 10.2. The molecular formula is C32H23F5N2O6. The number of aryl methyl sites for hydroxylation is 1. The van der Waals surface area contributed by atoms with Crippen LogP contribution in [0.1, 0.15) is 60.3 Å². The smallest absolute Gasteiger partial charge is 0.419 e. The Bertz CT molecular complexity index is 1860.